The lowest BCUT2D eigenvalue weighted by atomic mass is 10.0. The molecule has 0 bridgehead atoms. The van der Waals surface area contributed by atoms with Crippen molar-refractivity contribution in [1.82, 2.24) is 10.2 Å². The van der Waals surface area contributed by atoms with Crippen molar-refractivity contribution < 1.29 is 9.53 Å². The number of benzene rings is 2. The van der Waals surface area contributed by atoms with Crippen molar-refractivity contribution >= 4 is 24.0 Å². The van der Waals surface area contributed by atoms with E-state index in [1.165, 1.54) is 0 Å². The van der Waals surface area contributed by atoms with Crippen LogP contribution in [0.5, 0.6) is 5.75 Å². The molecule has 1 fully saturated rings. The van der Waals surface area contributed by atoms with Gasteiger partial charge in [0, 0.05) is 30.9 Å². The first-order chi connectivity index (χ1) is 12.6. The Balaban J connectivity index is 0.00000261. The molecular formula is C21H28ClN3O2. The Kier molecular flexibility index (Phi) is 7.66. The molecule has 1 saturated heterocycles. The van der Waals surface area contributed by atoms with Gasteiger partial charge in [0.25, 0.3) is 0 Å². The predicted octanol–water partition coefficient (Wildman–Crippen LogP) is 3.32. The average molecular weight is 390 g/mol. The topological polar surface area (TPSA) is 53.6 Å². The summed E-state index contributed by atoms with van der Waals surface area (Å²) in [6.45, 7) is 6.90. The molecule has 0 radical (unpaired) electrons. The Labute approximate surface area is 167 Å². The maximum Gasteiger partial charge on any atom is 0.238 e. The van der Waals surface area contributed by atoms with Crippen LogP contribution in [0.4, 0.5) is 5.69 Å². The van der Waals surface area contributed by atoms with Gasteiger partial charge in [0.2, 0.25) is 5.91 Å². The van der Waals surface area contributed by atoms with Crippen molar-refractivity contribution in [2.24, 2.45) is 0 Å². The largest absolute Gasteiger partial charge is 0.496 e. The molecule has 146 valence electrons. The molecular weight excluding hydrogens is 362 g/mol. The second-order valence-corrected chi connectivity index (χ2v) is 6.75. The summed E-state index contributed by atoms with van der Waals surface area (Å²) in [6, 6.07) is 14.2. The minimum atomic E-state index is 0. The first-order valence-electron chi connectivity index (χ1n) is 9.04. The van der Waals surface area contributed by atoms with Crippen LogP contribution in [0, 0.1) is 13.8 Å². The van der Waals surface area contributed by atoms with E-state index in [2.05, 4.69) is 21.6 Å². The highest BCUT2D eigenvalue weighted by atomic mass is 35.5. The third kappa shape index (κ3) is 5.01. The number of halogens is 1. The molecule has 1 unspecified atom stereocenters. The lowest BCUT2D eigenvalue weighted by Gasteiger charge is -2.36. The molecule has 0 aromatic heterocycles. The second kappa shape index (κ2) is 9.74. The number of ether oxygens (including phenoxy) is 1. The van der Waals surface area contributed by atoms with Crippen LogP contribution in [0.15, 0.2) is 42.5 Å². The van der Waals surface area contributed by atoms with E-state index in [1.807, 2.05) is 50.2 Å². The summed E-state index contributed by atoms with van der Waals surface area (Å²) in [5.74, 6) is 0.880. The van der Waals surface area contributed by atoms with Crippen molar-refractivity contribution in [2.45, 2.75) is 19.9 Å². The first kappa shape index (κ1) is 21.2. The molecule has 0 spiro atoms. The summed E-state index contributed by atoms with van der Waals surface area (Å²) in [4.78, 5) is 14.9. The van der Waals surface area contributed by atoms with Gasteiger partial charge < -0.3 is 15.4 Å². The van der Waals surface area contributed by atoms with Gasteiger partial charge in [-0.1, -0.05) is 36.4 Å². The maximum absolute atomic E-state index is 12.7. The highest BCUT2D eigenvalue weighted by Gasteiger charge is 2.27. The number of carbonyl (C=O) groups excluding carboxylic acids is 1. The molecule has 1 aliphatic heterocycles. The number of aryl methyl sites for hydroxylation is 2. The summed E-state index contributed by atoms with van der Waals surface area (Å²) in [6.07, 6.45) is 0. The summed E-state index contributed by atoms with van der Waals surface area (Å²) < 4.78 is 5.52. The number of piperazine rings is 1. The number of amides is 1. The van der Waals surface area contributed by atoms with Crippen LogP contribution < -0.4 is 15.4 Å². The fourth-order valence-corrected chi connectivity index (χ4v) is 3.56. The summed E-state index contributed by atoms with van der Waals surface area (Å²) >= 11 is 0. The van der Waals surface area contributed by atoms with Crippen molar-refractivity contribution in [2.75, 3.05) is 38.6 Å². The van der Waals surface area contributed by atoms with E-state index in [0.717, 1.165) is 47.8 Å². The molecule has 0 aliphatic carbocycles. The molecule has 2 aromatic carbocycles. The van der Waals surface area contributed by atoms with Crippen LogP contribution in [0.25, 0.3) is 0 Å². The number of rotatable bonds is 5. The van der Waals surface area contributed by atoms with Crippen LogP contribution in [-0.2, 0) is 4.79 Å². The van der Waals surface area contributed by atoms with Crippen molar-refractivity contribution in [3.05, 3.63) is 59.2 Å². The fourth-order valence-electron chi connectivity index (χ4n) is 3.56. The molecule has 1 amide bonds. The van der Waals surface area contributed by atoms with E-state index >= 15 is 0 Å². The number of anilines is 1. The zero-order valence-corrected chi connectivity index (χ0v) is 16.9. The molecule has 27 heavy (non-hydrogen) atoms. The number of hydrogen-bond donors (Lipinski definition) is 2. The highest BCUT2D eigenvalue weighted by Crippen LogP contribution is 2.30. The van der Waals surface area contributed by atoms with Gasteiger partial charge in [0.15, 0.2) is 0 Å². The zero-order valence-electron chi connectivity index (χ0n) is 16.1. The second-order valence-electron chi connectivity index (χ2n) is 6.75. The first-order valence-corrected chi connectivity index (χ1v) is 9.04. The Hall–Kier alpha value is -2.08. The highest BCUT2D eigenvalue weighted by molar-refractivity contribution is 5.93. The number of carbonyl (C=O) groups is 1. The molecule has 1 heterocycles. The number of para-hydroxylation sites is 2. The van der Waals surface area contributed by atoms with E-state index in [1.54, 1.807) is 7.11 Å². The molecule has 3 rings (SSSR count). The third-order valence-corrected chi connectivity index (χ3v) is 4.94. The van der Waals surface area contributed by atoms with Crippen molar-refractivity contribution in [3.63, 3.8) is 0 Å². The average Bonchev–Trinajstić information content (AvgIpc) is 2.65. The SMILES string of the molecule is COc1ccccc1C1CNCCN1CC(=O)Nc1c(C)cccc1C.Cl. The summed E-state index contributed by atoms with van der Waals surface area (Å²) in [7, 11) is 1.69. The van der Waals surface area contributed by atoms with Crippen LogP contribution >= 0.6 is 12.4 Å². The van der Waals surface area contributed by atoms with E-state index in [0.29, 0.717) is 6.54 Å². The lowest BCUT2D eigenvalue weighted by Crippen LogP contribution is -2.48. The van der Waals surface area contributed by atoms with Gasteiger partial charge in [0.05, 0.1) is 19.7 Å². The molecule has 1 aliphatic rings. The van der Waals surface area contributed by atoms with E-state index in [4.69, 9.17) is 4.74 Å². The molecule has 2 aromatic rings. The Morgan fingerprint density at radius 2 is 1.89 bits per heavy atom. The van der Waals surface area contributed by atoms with E-state index < -0.39 is 0 Å². The van der Waals surface area contributed by atoms with Crippen molar-refractivity contribution in [1.29, 1.82) is 0 Å². The number of methoxy groups -OCH3 is 1. The Bertz CT molecular complexity index is 762. The quantitative estimate of drug-likeness (QED) is 0.823. The van der Waals surface area contributed by atoms with E-state index in [-0.39, 0.29) is 24.4 Å². The number of nitrogens with zero attached hydrogens (tertiary/aromatic N) is 1. The molecule has 5 nitrogen and oxygen atoms in total. The van der Waals surface area contributed by atoms with Gasteiger partial charge in [-0.3, -0.25) is 9.69 Å². The van der Waals surface area contributed by atoms with Crippen molar-refractivity contribution in [3.8, 4) is 5.75 Å². The van der Waals surface area contributed by atoms with Gasteiger partial charge in [-0.2, -0.15) is 0 Å². The Morgan fingerprint density at radius 1 is 1.19 bits per heavy atom. The standard InChI is InChI=1S/C21H27N3O2.ClH/c1-15-7-6-8-16(2)21(15)23-20(25)14-24-12-11-22-13-18(24)17-9-4-5-10-19(17)26-3;/h4-10,18,22H,11-14H2,1-3H3,(H,23,25);1H. The van der Waals surface area contributed by atoms with Gasteiger partial charge in [-0.05, 0) is 31.0 Å². The Morgan fingerprint density at radius 3 is 2.59 bits per heavy atom. The van der Waals surface area contributed by atoms with E-state index in [9.17, 15) is 4.79 Å². The smallest absolute Gasteiger partial charge is 0.238 e. The van der Waals surface area contributed by atoms with Gasteiger partial charge in [-0.15, -0.1) is 12.4 Å². The molecule has 2 N–H and O–H groups in total. The van der Waals surface area contributed by atoms with Crippen LogP contribution in [0.1, 0.15) is 22.7 Å². The minimum Gasteiger partial charge on any atom is -0.496 e. The van der Waals surface area contributed by atoms with Crippen LogP contribution in [0.2, 0.25) is 0 Å². The normalized spacial score (nSPS) is 17.1. The fraction of sp³-hybridized carbons (Fsp3) is 0.381. The van der Waals surface area contributed by atoms with Gasteiger partial charge in [0.1, 0.15) is 5.75 Å². The van der Waals surface area contributed by atoms with Gasteiger partial charge >= 0.3 is 0 Å². The number of hydrogen-bond acceptors (Lipinski definition) is 4. The van der Waals surface area contributed by atoms with Crippen LogP contribution in [0.3, 0.4) is 0 Å². The maximum atomic E-state index is 12.7. The van der Waals surface area contributed by atoms with Gasteiger partial charge in [-0.25, -0.2) is 0 Å². The summed E-state index contributed by atoms with van der Waals surface area (Å²) in [5.41, 5.74) is 4.20. The molecule has 1 atom stereocenters. The van der Waals surface area contributed by atoms with Crippen LogP contribution in [-0.4, -0.2) is 44.1 Å². The monoisotopic (exact) mass is 389 g/mol. The molecule has 0 saturated carbocycles. The lowest BCUT2D eigenvalue weighted by molar-refractivity contribution is -0.118. The summed E-state index contributed by atoms with van der Waals surface area (Å²) in [5, 5.41) is 6.52. The zero-order chi connectivity index (χ0) is 18.5. The predicted molar refractivity (Wildman–Crippen MR) is 112 cm³/mol. The third-order valence-electron chi connectivity index (χ3n) is 4.94. The number of nitrogens with one attached hydrogen (secondary N) is 2. The molecule has 6 heteroatoms. The minimum absolute atomic E-state index is 0.